The molecule has 0 bridgehead atoms. The molecular weight excluding hydrogens is 384 g/mol. The van der Waals surface area contributed by atoms with E-state index < -0.39 is 5.60 Å². The average Bonchev–Trinajstić information content (AvgIpc) is 3.06. The van der Waals surface area contributed by atoms with Gasteiger partial charge in [0.25, 0.3) is 11.6 Å². The third-order valence-corrected chi connectivity index (χ3v) is 4.85. The maximum Gasteiger partial charge on any atom is 0.414 e. The number of nitrogens with one attached hydrogen (secondary N) is 1. The molecule has 0 spiro atoms. The predicted octanol–water partition coefficient (Wildman–Crippen LogP) is 4.47. The van der Waals surface area contributed by atoms with Crippen LogP contribution in [0.3, 0.4) is 0 Å². The molecule has 0 unspecified atom stereocenters. The van der Waals surface area contributed by atoms with Crippen LogP contribution < -0.4 is 10.2 Å². The Morgan fingerprint density at radius 1 is 1.23 bits per heavy atom. The molecule has 2 aromatic heterocycles. The van der Waals surface area contributed by atoms with Gasteiger partial charge in [0.1, 0.15) is 5.60 Å². The van der Waals surface area contributed by atoms with Crippen LogP contribution in [0, 0.1) is 6.92 Å². The van der Waals surface area contributed by atoms with Crippen LogP contribution in [-0.2, 0) is 11.2 Å². The highest BCUT2D eigenvalue weighted by molar-refractivity contribution is 6.06. The number of pyridine rings is 1. The summed E-state index contributed by atoms with van der Waals surface area (Å²) < 4.78 is 10.6. The summed E-state index contributed by atoms with van der Waals surface area (Å²) in [6.07, 6.45) is 2.80. The SMILES string of the molecule is Cc1noc2ncc(C(=O)Nc3ccc4c(c3)N(C(=O)OC(C)(C)C)CCC4)cc12. The summed E-state index contributed by atoms with van der Waals surface area (Å²) in [4.78, 5) is 31.2. The van der Waals surface area contributed by atoms with E-state index in [4.69, 9.17) is 9.26 Å². The van der Waals surface area contributed by atoms with Crippen LogP contribution in [0.15, 0.2) is 35.0 Å². The number of amides is 2. The number of carbonyl (C=O) groups excluding carboxylic acids is 2. The van der Waals surface area contributed by atoms with E-state index in [9.17, 15) is 9.59 Å². The van der Waals surface area contributed by atoms with Gasteiger partial charge in [-0.1, -0.05) is 11.2 Å². The Labute approximate surface area is 174 Å². The molecule has 30 heavy (non-hydrogen) atoms. The van der Waals surface area contributed by atoms with Gasteiger partial charge in [0.2, 0.25) is 0 Å². The van der Waals surface area contributed by atoms with Crippen LogP contribution in [0.25, 0.3) is 11.1 Å². The fourth-order valence-electron chi connectivity index (χ4n) is 3.43. The van der Waals surface area contributed by atoms with Crippen LogP contribution in [0.1, 0.15) is 48.8 Å². The van der Waals surface area contributed by atoms with Crippen LogP contribution in [0.2, 0.25) is 0 Å². The van der Waals surface area contributed by atoms with Gasteiger partial charge in [-0.25, -0.2) is 9.78 Å². The maximum atomic E-state index is 12.8. The summed E-state index contributed by atoms with van der Waals surface area (Å²) in [7, 11) is 0. The molecule has 0 atom stereocenters. The second-order valence-corrected chi connectivity index (χ2v) is 8.38. The van der Waals surface area contributed by atoms with Gasteiger partial charge in [-0.3, -0.25) is 9.69 Å². The van der Waals surface area contributed by atoms with Gasteiger partial charge in [0.05, 0.1) is 22.3 Å². The Balaban J connectivity index is 1.58. The molecule has 0 saturated heterocycles. The number of rotatable bonds is 2. The van der Waals surface area contributed by atoms with Crippen LogP contribution >= 0.6 is 0 Å². The molecule has 2 amide bonds. The van der Waals surface area contributed by atoms with Gasteiger partial charge in [0, 0.05) is 18.4 Å². The van der Waals surface area contributed by atoms with Crippen molar-refractivity contribution in [3.63, 3.8) is 0 Å². The molecule has 1 aliphatic rings. The lowest BCUT2D eigenvalue weighted by Crippen LogP contribution is -2.39. The van der Waals surface area contributed by atoms with Crippen molar-refractivity contribution < 1.29 is 18.8 Å². The largest absolute Gasteiger partial charge is 0.443 e. The van der Waals surface area contributed by atoms with Crippen LogP contribution in [0.4, 0.5) is 16.2 Å². The third-order valence-electron chi connectivity index (χ3n) is 4.85. The molecule has 4 rings (SSSR count). The number of hydrogen-bond acceptors (Lipinski definition) is 6. The van der Waals surface area contributed by atoms with Crippen LogP contribution in [-0.4, -0.2) is 34.3 Å². The van der Waals surface area contributed by atoms with Crippen molar-refractivity contribution in [2.75, 3.05) is 16.8 Å². The molecular formula is C22H24N4O4. The number of aryl methyl sites for hydroxylation is 2. The lowest BCUT2D eigenvalue weighted by Gasteiger charge is -2.32. The Morgan fingerprint density at radius 2 is 2.03 bits per heavy atom. The number of nitrogens with zero attached hydrogens (tertiary/aromatic N) is 3. The summed E-state index contributed by atoms with van der Waals surface area (Å²) in [5.74, 6) is -0.301. The van der Waals surface area contributed by atoms with Crippen molar-refractivity contribution in [1.82, 2.24) is 10.1 Å². The molecule has 0 aliphatic carbocycles. The Bertz CT molecular complexity index is 1130. The van der Waals surface area contributed by atoms with E-state index in [1.54, 1.807) is 17.9 Å². The smallest absolute Gasteiger partial charge is 0.414 e. The van der Waals surface area contributed by atoms with Gasteiger partial charge in [-0.2, -0.15) is 0 Å². The van der Waals surface area contributed by atoms with Crippen molar-refractivity contribution in [2.45, 2.75) is 46.1 Å². The lowest BCUT2D eigenvalue weighted by molar-refractivity contribution is 0.0577. The van der Waals surface area contributed by atoms with Gasteiger partial charge in [0.15, 0.2) is 0 Å². The van der Waals surface area contributed by atoms with Crippen molar-refractivity contribution in [2.24, 2.45) is 0 Å². The van der Waals surface area contributed by atoms with E-state index in [1.807, 2.05) is 39.0 Å². The highest BCUT2D eigenvalue weighted by atomic mass is 16.6. The number of hydrogen-bond donors (Lipinski definition) is 1. The molecule has 3 aromatic rings. The summed E-state index contributed by atoms with van der Waals surface area (Å²) in [5.41, 5.74) is 3.29. The number of benzene rings is 1. The zero-order valence-corrected chi connectivity index (χ0v) is 17.5. The molecule has 8 nitrogen and oxygen atoms in total. The van der Waals surface area contributed by atoms with E-state index in [1.165, 1.54) is 6.20 Å². The highest BCUT2D eigenvalue weighted by Crippen LogP contribution is 2.31. The number of anilines is 2. The molecule has 3 heterocycles. The first kappa shape index (κ1) is 19.9. The summed E-state index contributed by atoms with van der Waals surface area (Å²) in [6, 6.07) is 7.29. The van der Waals surface area contributed by atoms with Gasteiger partial charge in [-0.15, -0.1) is 0 Å². The average molecular weight is 408 g/mol. The second kappa shape index (κ2) is 7.44. The minimum atomic E-state index is -0.577. The predicted molar refractivity (Wildman–Crippen MR) is 113 cm³/mol. The van der Waals surface area contributed by atoms with Crippen LogP contribution in [0.5, 0.6) is 0 Å². The minimum Gasteiger partial charge on any atom is -0.443 e. The lowest BCUT2D eigenvalue weighted by atomic mass is 10.0. The zero-order valence-electron chi connectivity index (χ0n) is 17.5. The quantitative estimate of drug-likeness (QED) is 0.672. The van der Waals surface area contributed by atoms with Crippen molar-refractivity contribution in [3.05, 3.63) is 47.3 Å². The van der Waals surface area contributed by atoms with E-state index in [0.717, 1.165) is 24.1 Å². The minimum absolute atomic E-state index is 0.301. The number of fused-ring (bicyclic) bond motifs is 2. The molecule has 1 aromatic carbocycles. The number of aromatic nitrogens is 2. The second-order valence-electron chi connectivity index (χ2n) is 8.38. The topological polar surface area (TPSA) is 97.6 Å². The molecule has 0 radical (unpaired) electrons. The third kappa shape index (κ3) is 3.98. The summed E-state index contributed by atoms with van der Waals surface area (Å²) in [6.45, 7) is 7.90. The molecule has 8 heteroatoms. The van der Waals surface area contributed by atoms with E-state index in [0.29, 0.717) is 34.6 Å². The first-order chi connectivity index (χ1) is 14.2. The first-order valence-corrected chi connectivity index (χ1v) is 9.88. The first-order valence-electron chi connectivity index (χ1n) is 9.88. The molecule has 1 N–H and O–H groups in total. The maximum absolute atomic E-state index is 12.8. The van der Waals surface area contributed by atoms with E-state index in [2.05, 4.69) is 15.5 Å². The number of ether oxygens (including phenoxy) is 1. The highest BCUT2D eigenvalue weighted by Gasteiger charge is 2.27. The summed E-state index contributed by atoms with van der Waals surface area (Å²) >= 11 is 0. The zero-order chi connectivity index (χ0) is 21.5. The van der Waals surface area contributed by atoms with Gasteiger partial charge < -0.3 is 14.6 Å². The Hall–Kier alpha value is -3.42. The van der Waals surface area contributed by atoms with Gasteiger partial charge >= 0.3 is 6.09 Å². The number of carbonyl (C=O) groups is 2. The Morgan fingerprint density at radius 3 is 2.80 bits per heavy atom. The van der Waals surface area contributed by atoms with Gasteiger partial charge in [-0.05, 0) is 64.3 Å². The van der Waals surface area contributed by atoms with Crippen molar-refractivity contribution in [3.8, 4) is 0 Å². The fraction of sp³-hybridized carbons (Fsp3) is 0.364. The molecule has 0 fully saturated rings. The normalized spacial score (nSPS) is 13.8. The molecule has 0 saturated carbocycles. The Kier molecular flexibility index (Phi) is 4.93. The molecule has 1 aliphatic heterocycles. The monoisotopic (exact) mass is 408 g/mol. The standard InChI is InChI=1S/C22H24N4O4/c1-13-17-10-15(12-23-20(17)30-25-13)19(27)24-16-8-7-14-6-5-9-26(18(14)11-16)21(28)29-22(2,3)4/h7-8,10-12H,5-6,9H2,1-4H3,(H,24,27). The summed E-state index contributed by atoms with van der Waals surface area (Å²) in [5, 5.41) is 7.44. The fourth-order valence-corrected chi connectivity index (χ4v) is 3.43. The van der Waals surface area contributed by atoms with E-state index in [-0.39, 0.29) is 12.0 Å². The van der Waals surface area contributed by atoms with E-state index >= 15 is 0 Å². The van der Waals surface area contributed by atoms with Crippen molar-refractivity contribution in [1.29, 1.82) is 0 Å². The van der Waals surface area contributed by atoms with Crippen molar-refractivity contribution >= 4 is 34.5 Å². The molecule has 156 valence electrons.